The molecule has 24 heavy (non-hydrogen) atoms. The molecule has 0 bridgehead atoms. The van der Waals surface area contributed by atoms with Gasteiger partial charge in [-0.15, -0.1) is 24.8 Å². The number of nitrogens with one attached hydrogen (secondary N) is 2. The molecule has 1 unspecified atom stereocenters. The molecule has 5 nitrogen and oxygen atoms in total. The first kappa shape index (κ1) is 21.5. The van der Waals surface area contributed by atoms with Crippen molar-refractivity contribution in [3.63, 3.8) is 0 Å². The molecule has 1 atom stereocenters. The Morgan fingerprint density at radius 3 is 2.75 bits per heavy atom. The predicted molar refractivity (Wildman–Crippen MR) is 105 cm³/mol. The highest BCUT2D eigenvalue weighted by Crippen LogP contribution is 2.20. The number of halogens is 2. The van der Waals surface area contributed by atoms with Crippen LogP contribution in [0.1, 0.15) is 5.56 Å². The summed E-state index contributed by atoms with van der Waals surface area (Å²) in [5.41, 5.74) is 2.08. The van der Waals surface area contributed by atoms with Crippen LogP contribution in [0.5, 0.6) is 0 Å². The Hall–Kier alpha value is -0.500. The van der Waals surface area contributed by atoms with Crippen LogP contribution in [0.2, 0.25) is 0 Å². The molecular weight excluding hydrogens is 369 g/mol. The number of thioether (sulfide) groups is 1. The van der Waals surface area contributed by atoms with Crippen molar-refractivity contribution >= 4 is 48.2 Å². The van der Waals surface area contributed by atoms with Crippen molar-refractivity contribution in [3.8, 4) is 0 Å². The first-order valence-corrected chi connectivity index (χ1v) is 8.99. The van der Waals surface area contributed by atoms with Gasteiger partial charge in [0.1, 0.15) is 6.10 Å². The quantitative estimate of drug-likeness (QED) is 0.819. The number of hydrogen-bond donors (Lipinski definition) is 2. The first-order valence-electron chi connectivity index (χ1n) is 7.84. The Kier molecular flexibility index (Phi) is 10.0. The molecule has 0 spiro atoms. The third kappa shape index (κ3) is 6.10. The molecule has 1 amide bonds. The Bertz CT molecular complexity index is 510. The lowest BCUT2D eigenvalue weighted by Crippen LogP contribution is -2.45. The summed E-state index contributed by atoms with van der Waals surface area (Å²) in [6, 6.07) is 8.06. The number of ether oxygens (including phenoxy) is 1. The summed E-state index contributed by atoms with van der Waals surface area (Å²) in [5, 5.41) is 6.22. The molecule has 3 rings (SSSR count). The molecule has 8 heteroatoms. The van der Waals surface area contributed by atoms with Crippen molar-refractivity contribution in [1.29, 1.82) is 0 Å². The van der Waals surface area contributed by atoms with Gasteiger partial charge in [-0.25, -0.2) is 0 Å². The summed E-state index contributed by atoms with van der Waals surface area (Å²) >= 11 is 2.01. The van der Waals surface area contributed by atoms with E-state index >= 15 is 0 Å². The van der Waals surface area contributed by atoms with Crippen molar-refractivity contribution in [2.24, 2.45) is 0 Å². The van der Waals surface area contributed by atoms with E-state index in [-0.39, 0.29) is 30.7 Å². The lowest BCUT2D eigenvalue weighted by Gasteiger charge is -2.27. The Labute approximate surface area is 160 Å². The molecule has 1 aromatic rings. The molecule has 2 N–H and O–H groups in total. The van der Waals surface area contributed by atoms with Crippen LogP contribution in [-0.4, -0.2) is 61.2 Å². The topological polar surface area (TPSA) is 53.6 Å². The third-order valence-corrected chi connectivity index (χ3v) is 4.94. The van der Waals surface area contributed by atoms with Crippen LogP contribution < -0.4 is 10.6 Å². The van der Waals surface area contributed by atoms with Gasteiger partial charge in [0.25, 0.3) is 5.91 Å². The van der Waals surface area contributed by atoms with Gasteiger partial charge in [0, 0.05) is 49.9 Å². The second-order valence-corrected chi connectivity index (χ2v) is 6.82. The van der Waals surface area contributed by atoms with Crippen molar-refractivity contribution in [2.45, 2.75) is 12.6 Å². The van der Waals surface area contributed by atoms with E-state index in [1.807, 2.05) is 30.0 Å². The van der Waals surface area contributed by atoms with Gasteiger partial charge in [-0.05, 0) is 11.6 Å². The second kappa shape index (κ2) is 11.2. The van der Waals surface area contributed by atoms with E-state index in [1.165, 1.54) is 17.1 Å². The van der Waals surface area contributed by atoms with Gasteiger partial charge in [0.05, 0.1) is 6.61 Å². The fraction of sp³-hybridized carbons (Fsp3) is 0.562. The summed E-state index contributed by atoms with van der Waals surface area (Å²) in [5.74, 6) is 2.32. The highest BCUT2D eigenvalue weighted by Gasteiger charge is 2.22. The number of anilines is 1. The van der Waals surface area contributed by atoms with E-state index in [0.29, 0.717) is 13.2 Å². The van der Waals surface area contributed by atoms with Crippen molar-refractivity contribution in [2.75, 3.05) is 49.6 Å². The SMILES string of the molecule is Cl.Cl.O=C(Nc1ccccc1CN1CCSCC1)C1CNCCO1. The number of nitrogens with zero attached hydrogens (tertiary/aromatic N) is 1. The summed E-state index contributed by atoms with van der Waals surface area (Å²) in [4.78, 5) is 14.8. The minimum absolute atomic E-state index is 0. The van der Waals surface area contributed by atoms with Gasteiger partial charge >= 0.3 is 0 Å². The summed E-state index contributed by atoms with van der Waals surface area (Å²) in [6.07, 6.45) is -0.395. The molecule has 2 aliphatic heterocycles. The second-order valence-electron chi connectivity index (χ2n) is 5.60. The Morgan fingerprint density at radius 2 is 2.04 bits per heavy atom. The summed E-state index contributed by atoms with van der Waals surface area (Å²) < 4.78 is 5.51. The van der Waals surface area contributed by atoms with Crippen LogP contribution in [0.25, 0.3) is 0 Å². The molecule has 2 aliphatic rings. The maximum atomic E-state index is 12.3. The summed E-state index contributed by atoms with van der Waals surface area (Å²) in [6.45, 7) is 5.10. The van der Waals surface area contributed by atoms with Crippen LogP contribution in [-0.2, 0) is 16.1 Å². The number of amides is 1. The van der Waals surface area contributed by atoms with Crippen LogP contribution in [0.3, 0.4) is 0 Å². The summed E-state index contributed by atoms with van der Waals surface area (Å²) in [7, 11) is 0. The zero-order valence-electron chi connectivity index (χ0n) is 13.5. The highest BCUT2D eigenvalue weighted by atomic mass is 35.5. The number of para-hydroxylation sites is 1. The largest absolute Gasteiger partial charge is 0.366 e. The number of benzene rings is 1. The van der Waals surface area contributed by atoms with E-state index in [1.54, 1.807) is 0 Å². The zero-order chi connectivity index (χ0) is 15.2. The molecule has 0 saturated carbocycles. The molecule has 2 fully saturated rings. The lowest BCUT2D eigenvalue weighted by molar-refractivity contribution is -0.128. The van der Waals surface area contributed by atoms with E-state index in [4.69, 9.17) is 4.74 Å². The van der Waals surface area contributed by atoms with E-state index in [2.05, 4.69) is 21.6 Å². The van der Waals surface area contributed by atoms with Gasteiger partial charge in [0.2, 0.25) is 0 Å². The Balaban J connectivity index is 0.00000144. The van der Waals surface area contributed by atoms with E-state index in [9.17, 15) is 4.79 Å². The van der Waals surface area contributed by atoms with Gasteiger partial charge in [-0.2, -0.15) is 11.8 Å². The standard InChI is InChI=1S/C16H23N3O2S.2ClH/c20-16(15-11-17-5-8-21-15)18-14-4-2-1-3-13(14)12-19-6-9-22-10-7-19;;/h1-4,15,17H,5-12H2,(H,18,20);2*1H. The van der Waals surface area contributed by atoms with E-state index < -0.39 is 6.10 Å². The van der Waals surface area contributed by atoms with Crippen LogP contribution >= 0.6 is 36.6 Å². The van der Waals surface area contributed by atoms with Crippen molar-refractivity contribution in [1.82, 2.24) is 10.2 Å². The Morgan fingerprint density at radius 1 is 1.29 bits per heavy atom. The molecule has 0 aliphatic carbocycles. The third-order valence-electron chi connectivity index (χ3n) is 3.99. The fourth-order valence-electron chi connectivity index (χ4n) is 2.73. The van der Waals surface area contributed by atoms with Gasteiger partial charge in [-0.1, -0.05) is 18.2 Å². The van der Waals surface area contributed by atoms with Gasteiger partial charge in [-0.3, -0.25) is 9.69 Å². The highest BCUT2D eigenvalue weighted by molar-refractivity contribution is 7.99. The monoisotopic (exact) mass is 393 g/mol. The molecule has 1 aromatic carbocycles. The molecule has 0 aromatic heterocycles. The maximum Gasteiger partial charge on any atom is 0.254 e. The zero-order valence-corrected chi connectivity index (χ0v) is 16.0. The number of carbonyl (C=O) groups is 1. The molecule has 136 valence electrons. The first-order chi connectivity index (χ1) is 10.8. The smallest absolute Gasteiger partial charge is 0.254 e. The number of rotatable bonds is 4. The number of carbonyl (C=O) groups excluding carboxylic acids is 1. The van der Waals surface area contributed by atoms with Gasteiger partial charge < -0.3 is 15.4 Å². The van der Waals surface area contributed by atoms with Crippen molar-refractivity contribution < 1.29 is 9.53 Å². The average Bonchev–Trinajstić information content (AvgIpc) is 2.58. The molecule has 2 heterocycles. The molecule has 0 radical (unpaired) electrons. The minimum Gasteiger partial charge on any atom is -0.366 e. The number of hydrogen-bond acceptors (Lipinski definition) is 5. The van der Waals surface area contributed by atoms with E-state index in [0.717, 1.165) is 31.9 Å². The van der Waals surface area contributed by atoms with Crippen LogP contribution in [0.15, 0.2) is 24.3 Å². The van der Waals surface area contributed by atoms with Crippen LogP contribution in [0.4, 0.5) is 5.69 Å². The number of morpholine rings is 1. The van der Waals surface area contributed by atoms with Crippen LogP contribution in [0, 0.1) is 0 Å². The lowest BCUT2D eigenvalue weighted by atomic mass is 10.1. The van der Waals surface area contributed by atoms with Gasteiger partial charge in [0.15, 0.2) is 0 Å². The molecular formula is C16H25Cl2N3O2S. The van der Waals surface area contributed by atoms with Crippen molar-refractivity contribution in [3.05, 3.63) is 29.8 Å². The minimum atomic E-state index is -0.395. The molecule has 2 saturated heterocycles. The predicted octanol–water partition coefficient (Wildman–Crippen LogP) is 2.01. The normalized spacial score (nSPS) is 21.2. The average molecular weight is 394 g/mol. The fourth-order valence-corrected chi connectivity index (χ4v) is 3.71. The maximum absolute atomic E-state index is 12.3.